The van der Waals surface area contributed by atoms with Crippen LogP contribution in [0.3, 0.4) is 0 Å². The second-order valence-electron chi connectivity index (χ2n) is 5.92. The summed E-state index contributed by atoms with van der Waals surface area (Å²) in [4.78, 5) is 36.5. The van der Waals surface area contributed by atoms with Crippen LogP contribution >= 0.6 is 0 Å². The Bertz CT molecular complexity index is 1130. The van der Waals surface area contributed by atoms with Crippen LogP contribution in [0.1, 0.15) is 27.6 Å². The molecule has 0 fully saturated rings. The summed E-state index contributed by atoms with van der Waals surface area (Å²) in [6.07, 6.45) is 3.88. The Morgan fingerprint density at radius 3 is 2.65 bits per heavy atom. The number of nitrogens with zero attached hydrogens (tertiary/aromatic N) is 2. The summed E-state index contributed by atoms with van der Waals surface area (Å²) < 4.78 is 5.37. The van der Waals surface area contributed by atoms with Gasteiger partial charge in [-0.25, -0.2) is 4.79 Å². The van der Waals surface area contributed by atoms with Crippen molar-refractivity contribution in [3.63, 3.8) is 0 Å². The van der Waals surface area contributed by atoms with Gasteiger partial charge in [-0.05, 0) is 31.2 Å². The molecule has 128 valence electrons. The molecule has 0 saturated heterocycles. The average Bonchev–Trinajstić information content (AvgIpc) is 3.11. The number of ketones is 1. The van der Waals surface area contributed by atoms with E-state index >= 15 is 0 Å². The lowest BCUT2D eigenvalue weighted by Gasteiger charge is -2.12. The zero-order chi connectivity index (χ0) is 18.1. The van der Waals surface area contributed by atoms with Gasteiger partial charge >= 0.3 is 5.97 Å². The summed E-state index contributed by atoms with van der Waals surface area (Å²) in [6.45, 7) is 1.57. The van der Waals surface area contributed by atoms with Crippen LogP contribution in [-0.4, -0.2) is 32.8 Å². The topological polar surface area (TPSA) is 84.9 Å². The normalized spacial score (nSPS) is 12.2. The van der Waals surface area contributed by atoms with Crippen molar-refractivity contribution in [2.75, 3.05) is 0 Å². The van der Waals surface area contributed by atoms with Gasteiger partial charge in [0.2, 0.25) is 5.78 Å². The van der Waals surface area contributed by atoms with Crippen LogP contribution in [0.15, 0.2) is 61.1 Å². The van der Waals surface area contributed by atoms with E-state index in [4.69, 9.17) is 4.74 Å². The molecule has 0 aliphatic rings. The Morgan fingerprint density at radius 2 is 1.81 bits per heavy atom. The van der Waals surface area contributed by atoms with Gasteiger partial charge in [0.25, 0.3) is 0 Å². The van der Waals surface area contributed by atoms with Gasteiger partial charge in [-0.15, -0.1) is 0 Å². The molecule has 1 atom stereocenters. The van der Waals surface area contributed by atoms with E-state index in [0.717, 1.165) is 10.9 Å². The highest BCUT2D eigenvalue weighted by molar-refractivity contribution is 6.10. The molecule has 0 unspecified atom stereocenters. The summed E-state index contributed by atoms with van der Waals surface area (Å²) in [7, 11) is 0. The molecule has 0 amide bonds. The number of carbonyl (C=O) groups excluding carboxylic acids is 2. The molecule has 4 aromatic rings. The molecular formula is C20H15N3O3. The maximum Gasteiger partial charge on any atom is 0.338 e. The number of Topliss-reactive ketones (excluding diaryl/α,β-unsaturated/α-hetero) is 1. The number of aromatic amines is 1. The van der Waals surface area contributed by atoms with Crippen molar-refractivity contribution in [1.29, 1.82) is 0 Å². The van der Waals surface area contributed by atoms with Gasteiger partial charge in [0.15, 0.2) is 6.10 Å². The minimum Gasteiger partial charge on any atom is -0.451 e. The van der Waals surface area contributed by atoms with Crippen molar-refractivity contribution in [3.8, 4) is 0 Å². The number of fused-ring (bicyclic) bond motifs is 2. The lowest BCUT2D eigenvalue weighted by molar-refractivity contribution is 0.0319. The molecule has 0 spiro atoms. The number of benzene rings is 2. The van der Waals surface area contributed by atoms with Crippen molar-refractivity contribution in [2.45, 2.75) is 13.0 Å². The third-order valence-corrected chi connectivity index (χ3v) is 4.21. The first-order chi connectivity index (χ1) is 12.6. The molecule has 0 bridgehead atoms. The lowest BCUT2D eigenvalue weighted by atomic mass is 10.1. The zero-order valence-electron chi connectivity index (χ0n) is 14.0. The van der Waals surface area contributed by atoms with Crippen LogP contribution in [0.4, 0.5) is 0 Å². The lowest BCUT2D eigenvalue weighted by Crippen LogP contribution is -2.24. The predicted molar refractivity (Wildman–Crippen MR) is 97.0 cm³/mol. The summed E-state index contributed by atoms with van der Waals surface area (Å²) in [5, 5.41) is 0.807. The van der Waals surface area contributed by atoms with Crippen LogP contribution in [0, 0.1) is 0 Å². The summed E-state index contributed by atoms with van der Waals surface area (Å²) in [5.41, 5.74) is 2.98. The van der Waals surface area contributed by atoms with E-state index < -0.39 is 12.1 Å². The number of aromatic nitrogens is 3. The standard InChI is InChI=1S/C20H15N3O3/c1-12(19(24)15-11-23-16-5-3-2-4-14(15)16)26-20(25)13-6-7-17-18(10-13)22-9-8-21-17/h2-12,23H,1H3/t12-/m0/s1. The summed E-state index contributed by atoms with van der Waals surface area (Å²) in [6, 6.07) is 12.4. The quantitative estimate of drug-likeness (QED) is 0.452. The van der Waals surface area contributed by atoms with Gasteiger partial charge in [0, 0.05) is 35.1 Å². The summed E-state index contributed by atoms with van der Waals surface area (Å²) >= 11 is 0. The van der Waals surface area contributed by atoms with E-state index in [2.05, 4.69) is 15.0 Å². The average molecular weight is 345 g/mol. The number of para-hydroxylation sites is 1. The maximum absolute atomic E-state index is 12.7. The second kappa shape index (κ2) is 6.40. The van der Waals surface area contributed by atoms with Crippen LogP contribution < -0.4 is 0 Å². The molecule has 2 aromatic heterocycles. The Balaban J connectivity index is 1.55. The molecule has 0 aliphatic carbocycles. The van der Waals surface area contributed by atoms with Crippen LogP contribution in [0.2, 0.25) is 0 Å². The Morgan fingerprint density at radius 1 is 1.04 bits per heavy atom. The Labute approximate surface area is 148 Å². The van der Waals surface area contributed by atoms with E-state index in [1.54, 1.807) is 43.7 Å². The monoisotopic (exact) mass is 345 g/mol. The Kier molecular flexibility index (Phi) is 3.93. The third-order valence-electron chi connectivity index (χ3n) is 4.21. The van der Waals surface area contributed by atoms with Crippen molar-refractivity contribution < 1.29 is 14.3 Å². The smallest absolute Gasteiger partial charge is 0.338 e. The number of nitrogens with one attached hydrogen (secondary N) is 1. The van der Waals surface area contributed by atoms with E-state index in [0.29, 0.717) is 22.2 Å². The number of hydrogen-bond donors (Lipinski definition) is 1. The van der Waals surface area contributed by atoms with Gasteiger partial charge in [0.05, 0.1) is 16.6 Å². The Hall–Kier alpha value is -3.54. The number of rotatable bonds is 4. The van der Waals surface area contributed by atoms with Gasteiger partial charge in [-0.3, -0.25) is 14.8 Å². The number of ether oxygens (including phenoxy) is 1. The first-order valence-corrected chi connectivity index (χ1v) is 8.15. The van der Waals surface area contributed by atoms with Crippen molar-refractivity contribution in [1.82, 2.24) is 15.0 Å². The molecule has 2 aromatic carbocycles. The number of hydrogen-bond acceptors (Lipinski definition) is 5. The largest absolute Gasteiger partial charge is 0.451 e. The SMILES string of the molecule is C[C@H](OC(=O)c1ccc2nccnc2c1)C(=O)c1c[nH]c2ccccc12. The first kappa shape index (κ1) is 16.0. The third kappa shape index (κ3) is 2.82. The fourth-order valence-corrected chi connectivity index (χ4v) is 2.87. The predicted octanol–water partition coefficient (Wildman–Crippen LogP) is 3.54. The molecule has 6 nitrogen and oxygen atoms in total. The fraction of sp³-hybridized carbons (Fsp3) is 0.100. The minimum atomic E-state index is -0.903. The molecule has 1 N–H and O–H groups in total. The summed E-state index contributed by atoms with van der Waals surface area (Å²) in [5.74, 6) is -0.824. The van der Waals surface area contributed by atoms with Crippen LogP contribution in [0.5, 0.6) is 0 Å². The van der Waals surface area contributed by atoms with Gasteiger partial charge in [-0.2, -0.15) is 0 Å². The second-order valence-corrected chi connectivity index (χ2v) is 5.92. The van der Waals surface area contributed by atoms with Crippen LogP contribution in [0.25, 0.3) is 21.9 Å². The fourth-order valence-electron chi connectivity index (χ4n) is 2.87. The highest BCUT2D eigenvalue weighted by atomic mass is 16.5. The van der Waals surface area contributed by atoms with E-state index in [9.17, 15) is 9.59 Å². The van der Waals surface area contributed by atoms with E-state index in [-0.39, 0.29) is 5.78 Å². The molecule has 0 saturated carbocycles. The molecular weight excluding hydrogens is 330 g/mol. The number of H-pyrrole nitrogens is 1. The zero-order valence-corrected chi connectivity index (χ0v) is 14.0. The van der Waals surface area contributed by atoms with Crippen molar-refractivity contribution in [3.05, 3.63) is 72.2 Å². The minimum absolute atomic E-state index is 0.253. The molecule has 6 heteroatoms. The maximum atomic E-state index is 12.7. The molecule has 4 rings (SSSR count). The molecule has 0 aliphatic heterocycles. The van der Waals surface area contributed by atoms with E-state index in [1.807, 2.05) is 24.3 Å². The van der Waals surface area contributed by atoms with Gasteiger partial charge in [-0.1, -0.05) is 18.2 Å². The number of esters is 1. The van der Waals surface area contributed by atoms with Gasteiger partial charge < -0.3 is 9.72 Å². The van der Waals surface area contributed by atoms with Crippen molar-refractivity contribution >= 4 is 33.7 Å². The highest BCUT2D eigenvalue weighted by Crippen LogP contribution is 2.20. The molecule has 26 heavy (non-hydrogen) atoms. The number of carbonyl (C=O) groups is 2. The van der Waals surface area contributed by atoms with E-state index in [1.165, 1.54) is 0 Å². The van der Waals surface area contributed by atoms with Crippen LogP contribution in [-0.2, 0) is 4.74 Å². The molecule has 2 heterocycles. The van der Waals surface area contributed by atoms with Crippen molar-refractivity contribution in [2.24, 2.45) is 0 Å². The first-order valence-electron chi connectivity index (χ1n) is 8.15. The highest BCUT2D eigenvalue weighted by Gasteiger charge is 2.23. The molecule has 0 radical (unpaired) electrons. The van der Waals surface area contributed by atoms with Gasteiger partial charge in [0.1, 0.15) is 0 Å².